The van der Waals surface area contributed by atoms with E-state index in [9.17, 15) is 4.79 Å². The molecule has 0 unspecified atom stereocenters. The number of carbonyl (C=O) groups is 1. The molecule has 1 aromatic rings. The van der Waals surface area contributed by atoms with Crippen molar-refractivity contribution in [3.05, 3.63) is 11.8 Å². The molecular formula is C10H17N5O2. The first-order chi connectivity index (χ1) is 8.19. The Morgan fingerprint density at radius 1 is 1.65 bits per heavy atom. The summed E-state index contributed by atoms with van der Waals surface area (Å²) in [6.45, 7) is 2.93. The lowest BCUT2D eigenvalue weighted by Crippen LogP contribution is -2.11. The van der Waals surface area contributed by atoms with Gasteiger partial charge in [-0.25, -0.2) is 4.79 Å². The second kappa shape index (κ2) is 6.62. The lowest BCUT2D eigenvalue weighted by molar-refractivity contribution is 0.0601. The number of methoxy groups -OCH3 is 1. The second-order valence-corrected chi connectivity index (χ2v) is 3.55. The predicted octanol–water partition coefficient (Wildman–Crippen LogP) is 1.93. The van der Waals surface area contributed by atoms with Crippen molar-refractivity contribution in [2.75, 3.05) is 20.7 Å². The highest BCUT2D eigenvalue weighted by Crippen LogP contribution is 2.16. The number of ether oxygens (including phenoxy) is 1. The molecule has 17 heavy (non-hydrogen) atoms. The van der Waals surface area contributed by atoms with Crippen LogP contribution in [0.5, 0.6) is 0 Å². The van der Waals surface area contributed by atoms with Gasteiger partial charge >= 0.3 is 5.97 Å². The highest BCUT2D eigenvalue weighted by atomic mass is 16.5. The van der Waals surface area contributed by atoms with E-state index < -0.39 is 5.97 Å². The van der Waals surface area contributed by atoms with Gasteiger partial charge in [0.05, 0.1) is 13.3 Å². The van der Waals surface area contributed by atoms with Gasteiger partial charge in [0.2, 0.25) is 0 Å². The van der Waals surface area contributed by atoms with E-state index in [-0.39, 0.29) is 5.56 Å². The summed E-state index contributed by atoms with van der Waals surface area (Å²) in [7, 11) is 3.14. The molecule has 94 valence electrons. The molecular weight excluding hydrogens is 222 g/mol. The fourth-order valence-electron chi connectivity index (χ4n) is 1.17. The number of hydrogen-bond donors (Lipinski definition) is 1. The average molecular weight is 239 g/mol. The number of nitrogens with zero attached hydrogens (tertiary/aromatic N) is 4. The minimum absolute atomic E-state index is 0.278. The van der Waals surface area contributed by atoms with Crippen LogP contribution in [0.1, 0.15) is 30.1 Å². The van der Waals surface area contributed by atoms with Crippen molar-refractivity contribution in [2.24, 2.45) is 10.3 Å². The molecule has 0 atom stereocenters. The lowest BCUT2D eigenvalue weighted by atomic mass is 10.3. The summed E-state index contributed by atoms with van der Waals surface area (Å²) in [4.78, 5) is 11.3. The van der Waals surface area contributed by atoms with E-state index in [1.807, 2.05) is 7.05 Å². The van der Waals surface area contributed by atoms with Gasteiger partial charge in [-0.15, -0.1) is 5.11 Å². The van der Waals surface area contributed by atoms with Crippen molar-refractivity contribution >= 4 is 11.8 Å². The average Bonchev–Trinajstić information content (AvgIpc) is 2.81. The molecule has 1 N–H and O–H groups in total. The van der Waals surface area contributed by atoms with Gasteiger partial charge in [0.25, 0.3) is 0 Å². The molecule has 0 saturated carbocycles. The summed E-state index contributed by atoms with van der Waals surface area (Å²) in [5.74, 6) is -0.177. The van der Waals surface area contributed by atoms with Gasteiger partial charge in [-0.3, -0.25) is 10.1 Å². The number of hydrogen-bond acceptors (Lipinski definition) is 5. The van der Waals surface area contributed by atoms with Crippen molar-refractivity contribution in [1.29, 1.82) is 0 Å². The largest absolute Gasteiger partial charge is 0.465 e. The van der Waals surface area contributed by atoms with E-state index in [0.29, 0.717) is 5.82 Å². The zero-order valence-electron chi connectivity index (χ0n) is 10.3. The van der Waals surface area contributed by atoms with Crippen LogP contribution in [0.4, 0.5) is 5.82 Å². The zero-order valence-corrected chi connectivity index (χ0v) is 10.3. The summed E-state index contributed by atoms with van der Waals surface area (Å²) in [6, 6.07) is 0. The van der Waals surface area contributed by atoms with Gasteiger partial charge in [0, 0.05) is 13.6 Å². The monoisotopic (exact) mass is 239 g/mol. The molecule has 0 spiro atoms. The minimum atomic E-state index is -0.482. The highest BCUT2D eigenvalue weighted by molar-refractivity contribution is 5.93. The van der Waals surface area contributed by atoms with Crippen LogP contribution in [0.2, 0.25) is 0 Å². The van der Waals surface area contributed by atoms with Gasteiger partial charge in [0.1, 0.15) is 5.56 Å². The van der Waals surface area contributed by atoms with Crippen LogP contribution < -0.4 is 0 Å². The number of carbonyl (C=O) groups excluding carboxylic acids is 1. The van der Waals surface area contributed by atoms with E-state index in [1.54, 1.807) is 5.01 Å². The quantitative estimate of drug-likeness (QED) is 0.467. The molecule has 1 heterocycles. The first-order valence-electron chi connectivity index (χ1n) is 5.43. The Bertz CT molecular complexity index is 388. The van der Waals surface area contributed by atoms with Gasteiger partial charge in [0.15, 0.2) is 5.82 Å². The number of aromatic amines is 1. The van der Waals surface area contributed by atoms with E-state index in [4.69, 9.17) is 0 Å². The van der Waals surface area contributed by atoms with Gasteiger partial charge in [-0.2, -0.15) is 5.10 Å². The number of unbranched alkanes of at least 4 members (excludes halogenated alkanes) is 1. The molecule has 1 rings (SSSR count). The van der Waals surface area contributed by atoms with Crippen LogP contribution >= 0.6 is 0 Å². The summed E-state index contributed by atoms with van der Waals surface area (Å²) in [6.07, 6.45) is 3.51. The maximum Gasteiger partial charge on any atom is 0.343 e. The van der Waals surface area contributed by atoms with Crippen LogP contribution in [0.3, 0.4) is 0 Å². The lowest BCUT2D eigenvalue weighted by Gasteiger charge is -2.09. The van der Waals surface area contributed by atoms with E-state index in [0.717, 1.165) is 19.4 Å². The van der Waals surface area contributed by atoms with Gasteiger partial charge in [-0.1, -0.05) is 18.6 Å². The summed E-state index contributed by atoms with van der Waals surface area (Å²) >= 11 is 0. The third-order valence-electron chi connectivity index (χ3n) is 2.16. The fraction of sp³-hybridized carbons (Fsp3) is 0.600. The third kappa shape index (κ3) is 3.86. The Morgan fingerprint density at radius 3 is 3.06 bits per heavy atom. The molecule has 0 aromatic carbocycles. The topological polar surface area (TPSA) is 82.9 Å². The minimum Gasteiger partial charge on any atom is -0.465 e. The molecule has 0 saturated heterocycles. The van der Waals surface area contributed by atoms with Crippen LogP contribution in [0.25, 0.3) is 0 Å². The summed E-state index contributed by atoms with van der Waals surface area (Å²) in [5, 5.41) is 15.9. The molecule has 0 aliphatic rings. The molecule has 0 bridgehead atoms. The molecule has 7 heteroatoms. The Morgan fingerprint density at radius 2 is 2.41 bits per heavy atom. The van der Waals surface area contributed by atoms with E-state index in [1.165, 1.54) is 13.3 Å². The van der Waals surface area contributed by atoms with Crippen LogP contribution in [0.15, 0.2) is 16.5 Å². The first kappa shape index (κ1) is 13.1. The molecule has 1 aromatic heterocycles. The fourth-order valence-corrected chi connectivity index (χ4v) is 1.17. The Hall–Kier alpha value is -1.92. The number of aromatic nitrogens is 2. The van der Waals surface area contributed by atoms with Crippen LogP contribution in [-0.4, -0.2) is 41.9 Å². The molecule has 7 nitrogen and oxygen atoms in total. The van der Waals surface area contributed by atoms with Crippen molar-refractivity contribution in [1.82, 2.24) is 15.2 Å². The third-order valence-corrected chi connectivity index (χ3v) is 2.16. The second-order valence-electron chi connectivity index (χ2n) is 3.55. The maximum atomic E-state index is 11.3. The van der Waals surface area contributed by atoms with Crippen molar-refractivity contribution < 1.29 is 9.53 Å². The molecule has 0 aliphatic carbocycles. The van der Waals surface area contributed by atoms with Crippen molar-refractivity contribution in [2.45, 2.75) is 19.8 Å². The first-order valence-corrected chi connectivity index (χ1v) is 5.43. The molecule has 0 fully saturated rings. The highest BCUT2D eigenvalue weighted by Gasteiger charge is 2.13. The van der Waals surface area contributed by atoms with Crippen molar-refractivity contribution in [3.63, 3.8) is 0 Å². The molecule has 0 radical (unpaired) electrons. The molecule has 0 aliphatic heterocycles. The van der Waals surface area contributed by atoms with E-state index in [2.05, 4.69) is 32.2 Å². The normalized spacial score (nSPS) is 10.8. The number of esters is 1. The summed E-state index contributed by atoms with van der Waals surface area (Å²) in [5.41, 5.74) is 0.278. The smallest absolute Gasteiger partial charge is 0.343 e. The summed E-state index contributed by atoms with van der Waals surface area (Å²) < 4.78 is 4.59. The maximum absolute atomic E-state index is 11.3. The predicted molar refractivity (Wildman–Crippen MR) is 62.0 cm³/mol. The van der Waals surface area contributed by atoms with Gasteiger partial charge < -0.3 is 4.74 Å². The Labute approximate surface area is 99.8 Å². The standard InChI is InChI=1S/C10H17N5O2/c1-4-5-6-15(2)14-13-9-8(7-11-12-9)10(16)17-3/h7H,4-6H2,1-3H3,(H,11,12)/b14-13+. The van der Waals surface area contributed by atoms with Crippen LogP contribution in [-0.2, 0) is 4.74 Å². The molecule has 0 amide bonds. The Kier molecular flexibility index (Phi) is 5.12. The Balaban J connectivity index is 2.65. The zero-order chi connectivity index (χ0) is 12.7. The number of rotatable bonds is 6. The van der Waals surface area contributed by atoms with Crippen LogP contribution in [0, 0.1) is 0 Å². The number of H-pyrrole nitrogens is 1. The van der Waals surface area contributed by atoms with Gasteiger partial charge in [-0.05, 0) is 6.42 Å². The number of nitrogens with one attached hydrogen (secondary N) is 1. The van der Waals surface area contributed by atoms with E-state index >= 15 is 0 Å². The SMILES string of the molecule is CCCCN(C)/N=N/c1[nH]ncc1C(=O)OC. The van der Waals surface area contributed by atoms with Crippen molar-refractivity contribution in [3.8, 4) is 0 Å².